The van der Waals surface area contributed by atoms with Crippen LogP contribution in [0.2, 0.25) is 0 Å². The average molecular weight is 333 g/mol. The van der Waals surface area contributed by atoms with Gasteiger partial charge in [-0.3, -0.25) is 9.48 Å². The van der Waals surface area contributed by atoms with E-state index in [9.17, 15) is 4.79 Å². The number of ketones is 1. The van der Waals surface area contributed by atoms with Gasteiger partial charge in [0.05, 0.1) is 22.3 Å². The number of carbonyl (C=O) groups is 1. The Bertz CT molecular complexity index is 426. The molecule has 0 bridgehead atoms. The van der Waals surface area contributed by atoms with Crippen LogP contribution >= 0.6 is 15.9 Å². The third kappa shape index (κ3) is 4.12. The molecule has 0 spiro atoms. The van der Waals surface area contributed by atoms with Gasteiger partial charge in [0.1, 0.15) is 0 Å². The highest BCUT2D eigenvalue weighted by molar-refractivity contribution is 9.10. The minimum atomic E-state index is -0.789. The standard InChI is InChI=1S/C13H21BrN2O3/c1-5-16-10(12(14)9(4)15-16)8-11(17)13(18-6-2)19-7-3/h13H,5-8H2,1-4H3. The Balaban J connectivity index is 2.85. The lowest BCUT2D eigenvalue weighted by atomic mass is 10.2. The van der Waals surface area contributed by atoms with Gasteiger partial charge in [-0.2, -0.15) is 5.10 Å². The zero-order valence-electron chi connectivity index (χ0n) is 11.9. The second kappa shape index (κ2) is 7.77. The predicted molar refractivity (Wildman–Crippen MR) is 76.1 cm³/mol. The third-order valence-corrected chi connectivity index (χ3v) is 3.72. The maximum absolute atomic E-state index is 12.2. The van der Waals surface area contributed by atoms with E-state index in [4.69, 9.17) is 9.47 Å². The van der Waals surface area contributed by atoms with Crippen LogP contribution in [0.1, 0.15) is 32.2 Å². The summed E-state index contributed by atoms with van der Waals surface area (Å²) in [7, 11) is 0. The van der Waals surface area contributed by atoms with Crippen LogP contribution in [-0.4, -0.2) is 35.1 Å². The summed E-state index contributed by atoms with van der Waals surface area (Å²) in [6.07, 6.45) is -0.540. The zero-order valence-corrected chi connectivity index (χ0v) is 13.5. The molecular formula is C13H21BrN2O3. The number of Topliss-reactive ketones (excluding diaryl/α,β-unsaturated/α-hetero) is 1. The highest BCUT2D eigenvalue weighted by Gasteiger charge is 2.23. The van der Waals surface area contributed by atoms with Gasteiger partial charge in [0.15, 0.2) is 5.78 Å². The van der Waals surface area contributed by atoms with Gasteiger partial charge < -0.3 is 9.47 Å². The number of nitrogens with zero attached hydrogens (tertiary/aromatic N) is 2. The van der Waals surface area contributed by atoms with E-state index >= 15 is 0 Å². The van der Waals surface area contributed by atoms with Crippen molar-refractivity contribution in [3.63, 3.8) is 0 Å². The maximum Gasteiger partial charge on any atom is 0.218 e. The minimum absolute atomic E-state index is 0.0843. The van der Waals surface area contributed by atoms with Crippen molar-refractivity contribution in [3.05, 3.63) is 15.9 Å². The molecule has 0 N–H and O–H groups in total. The van der Waals surface area contributed by atoms with Gasteiger partial charge in [-0.1, -0.05) is 0 Å². The Hall–Kier alpha value is -0.720. The van der Waals surface area contributed by atoms with Gasteiger partial charge in [0.2, 0.25) is 6.29 Å². The summed E-state index contributed by atoms with van der Waals surface area (Å²) in [6.45, 7) is 9.21. The van der Waals surface area contributed by atoms with Gasteiger partial charge in [-0.15, -0.1) is 0 Å². The molecule has 0 aliphatic carbocycles. The molecule has 0 aromatic carbocycles. The smallest absolute Gasteiger partial charge is 0.218 e. The number of ether oxygens (including phenoxy) is 2. The average Bonchev–Trinajstić information content (AvgIpc) is 2.66. The lowest BCUT2D eigenvalue weighted by Crippen LogP contribution is -2.30. The van der Waals surface area contributed by atoms with Crippen molar-refractivity contribution in [3.8, 4) is 0 Å². The quantitative estimate of drug-likeness (QED) is 0.686. The fourth-order valence-electron chi connectivity index (χ4n) is 1.82. The molecule has 0 amide bonds. The Labute approximate surface area is 122 Å². The number of hydrogen-bond acceptors (Lipinski definition) is 4. The molecule has 108 valence electrons. The van der Waals surface area contributed by atoms with Crippen LogP contribution in [-0.2, 0) is 27.2 Å². The van der Waals surface area contributed by atoms with Gasteiger partial charge in [-0.25, -0.2) is 0 Å². The fourth-order valence-corrected chi connectivity index (χ4v) is 2.25. The molecule has 0 fully saturated rings. The van der Waals surface area contributed by atoms with E-state index in [1.165, 1.54) is 0 Å². The van der Waals surface area contributed by atoms with E-state index < -0.39 is 6.29 Å². The number of halogens is 1. The van der Waals surface area contributed by atoms with E-state index in [-0.39, 0.29) is 12.2 Å². The van der Waals surface area contributed by atoms with E-state index in [0.717, 1.165) is 22.4 Å². The van der Waals surface area contributed by atoms with Crippen LogP contribution in [0.5, 0.6) is 0 Å². The number of rotatable bonds is 8. The Morgan fingerprint density at radius 2 is 1.89 bits per heavy atom. The summed E-state index contributed by atoms with van der Waals surface area (Å²) < 4.78 is 13.3. The lowest BCUT2D eigenvalue weighted by molar-refractivity contribution is -0.167. The zero-order chi connectivity index (χ0) is 14.4. The molecule has 5 nitrogen and oxygen atoms in total. The molecule has 0 saturated carbocycles. The molecule has 19 heavy (non-hydrogen) atoms. The second-order valence-electron chi connectivity index (χ2n) is 4.05. The van der Waals surface area contributed by atoms with Crippen LogP contribution < -0.4 is 0 Å². The van der Waals surface area contributed by atoms with Crippen molar-refractivity contribution in [2.24, 2.45) is 0 Å². The predicted octanol–water partition coefficient (Wildman–Crippen LogP) is 2.48. The highest BCUT2D eigenvalue weighted by Crippen LogP contribution is 2.22. The Morgan fingerprint density at radius 1 is 1.32 bits per heavy atom. The second-order valence-corrected chi connectivity index (χ2v) is 4.84. The van der Waals surface area contributed by atoms with Gasteiger partial charge in [0, 0.05) is 19.8 Å². The Kier molecular flexibility index (Phi) is 6.68. The van der Waals surface area contributed by atoms with Crippen molar-refractivity contribution in [2.45, 2.75) is 47.0 Å². The topological polar surface area (TPSA) is 53.4 Å². The normalized spacial score (nSPS) is 11.3. The molecule has 0 aliphatic heterocycles. The van der Waals surface area contributed by atoms with Crippen LogP contribution in [0.4, 0.5) is 0 Å². The number of hydrogen-bond donors (Lipinski definition) is 0. The summed E-state index contributed by atoms with van der Waals surface area (Å²) in [5, 5.41) is 4.37. The van der Waals surface area contributed by atoms with Gasteiger partial charge in [0.25, 0.3) is 0 Å². The van der Waals surface area contributed by atoms with Gasteiger partial charge >= 0.3 is 0 Å². The molecule has 0 saturated heterocycles. The number of aromatic nitrogens is 2. The first-order valence-corrected chi connectivity index (χ1v) is 7.32. The van der Waals surface area contributed by atoms with E-state index in [1.54, 1.807) is 0 Å². The minimum Gasteiger partial charge on any atom is -0.346 e. The SMILES string of the molecule is CCOC(OCC)C(=O)Cc1c(Br)c(C)nn1CC. The summed E-state index contributed by atoms with van der Waals surface area (Å²) in [5.41, 5.74) is 1.75. The largest absolute Gasteiger partial charge is 0.346 e. The maximum atomic E-state index is 12.2. The van der Waals surface area contributed by atoms with Crippen molar-refractivity contribution in [2.75, 3.05) is 13.2 Å². The van der Waals surface area contributed by atoms with Crippen molar-refractivity contribution in [1.82, 2.24) is 9.78 Å². The molecule has 0 atom stereocenters. The van der Waals surface area contributed by atoms with E-state index in [1.807, 2.05) is 32.4 Å². The first-order chi connectivity index (χ1) is 9.04. The van der Waals surface area contributed by atoms with Crippen LogP contribution in [0.3, 0.4) is 0 Å². The monoisotopic (exact) mass is 332 g/mol. The van der Waals surface area contributed by atoms with Crippen molar-refractivity contribution < 1.29 is 14.3 Å². The number of carbonyl (C=O) groups excluding carboxylic acids is 1. The van der Waals surface area contributed by atoms with Crippen LogP contribution in [0.15, 0.2) is 4.47 Å². The molecule has 1 aromatic heterocycles. The van der Waals surface area contributed by atoms with Crippen molar-refractivity contribution in [1.29, 1.82) is 0 Å². The van der Waals surface area contributed by atoms with Crippen LogP contribution in [0.25, 0.3) is 0 Å². The molecule has 0 aliphatic rings. The van der Waals surface area contributed by atoms with Gasteiger partial charge in [-0.05, 0) is 43.6 Å². The van der Waals surface area contributed by atoms with E-state index in [0.29, 0.717) is 13.2 Å². The lowest BCUT2D eigenvalue weighted by Gasteiger charge is -2.16. The van der Waals surface area contributed by atoms with Crippen LogP contribution in [0, 0.1) is 6.92 Å². The highest BCUT2D eigenvalue weighted by atomic mass is 79.9. The summed E-state index contributed by atoms with van der Waals surface area (Å²) in [6, 6.07) is 0. The Morgan fingerprint density at radius 3 is 2.37 bits per heavy atom. The molecule has 1 aromatic rings. The van der Waals surface area contributed by atoms with E-state index in [2.05, 4.69) is 21.0 Å². The number of aryl methyl sites for hydroxylation is 2. The molecule has 0 radical (unpaired) electrons. The van der Waals surface area contributed by atoms with Crippen molar-refractivity contribution >= 4 is 21.7 Å². The summed E-state index contributed by atoms with van der Waals surface area (Å²) in [4.78, 5) is 12.2. The fraction of sp³-hybridized carbons (Fsp3) is 0.692. The molecule has 1 heterocycles. The molecule has 1 rings (SSSR count). The first kappa shape index (κ1) is 16.3. The molecular weight excluding hydrogens is 312 g/mol. The summed E-state index contributed by atoms with van der Waals surface area (Å²) in [5.74, 6) is -0.0843. The molecule has 6 heteroatoms. The summed E-state index contributed by atoms with van der Waals surface area (Å²) >= 11 is 3.48. The first-order valence-electron chi connectivity index (χ1n) is 6.52. The molecule has 0 unspecified atom stereocenters. The third-order valence-electron chi connectivity index (χ3n) is 2.69.